The Labute approximate surface area is 193 Å². The van der Waals surface area contributed by atoms with Gasteiger partial charge in [0.25, 0.3) is 11.5 Å². The van der Waals surface area contributed by atoms with Crippen LogP contribution in [0.5, 0.6) is 11.5 Å². The van der Waals surface area contributed by atoms with Gasteiger partial charge < -0.3 is 19.5 Å². The Morgan fingerprint density at radius 1 is 1.30 bits per heavy atom. The zero-order valence-electron chi connectivity index (χ0n) is 18.7. The van der Waals surface area contributed by atoms with E-state index in [4.69, 9.17) is 9.47 Å². The first-order valence-corrected chi connectivity index (χ1v) is 10.8. The molecule has 0 aliphatic rings. The quantitative estimate of drug-likeness (QED) is 0.517. The lowest BCUT2D eigenvalue weighted by atomic mass is 10.2. The number of halogens is 2. The van der Waals surface area contributed by atoms with E-state index >= 15 is 0 Å². The van der Waals surface area contributed by atoms with Crippen LogP contribution in [0.25, 0.3) is 11.6 Å². The van der Waals surface area contributed by atoms with Crippen LogP contribution in [0.3, 0.4) is 0 Å². The molecule has 0 saturated carbocycles. The zero-order chi connectivity index (χ0) is 24.5. The predicted octanol–water partition coefficient (Wildman–Crippen LogP) is 1.58. The molecular formula is C22H25F2N3O5S. The number of methoxy groups -OCH3 is 2. The highest BCUT2D eigenvalue weighted by molar-refractivity contribution is 7.07. The number of carbonyl (C=O) groups excluding carboxylic acids is 1. The van der Waals surface area contributed by atoms with Gasteiger partial charge in [0.05, 0.1) is 11.6 Å². The van der Waals surface area contributed by atoms with Crippen molar-refractivity contribution in [2.45, 2.75) is 39.5 Å². The maximum absolute atomic E-state index is 13.1. The van der Waals surface area contributed by atoms with E-state index in [0.717, 1.165) is 11.3 Å². The second kappa shape index (κ2) is 12.1. The summed E-state index contributed by atoms with van der Waals surface area (Å²) < 4.78 is 41.6. The highest BCUT2D eigenvalue weighted by atomic mass is 32.1. The predicted molar refractivity (Wildman–Crippen MR) is 120 cm³/mol. The molecule has 0 fully saturated rings. The number of amides is 1. The van der Waals surface area contributed by atoms with Crippen LogP contribution < -0.4 is 29.5 Å². The number of hydrogen-bond acceptors (Lipinski definition) is 7. The van der Waals surface area contributed by atoms with Crippen LogP contribution in [0.2, 0.25) is 0 Å². The molecule has 1 heterocycles. The summed E-state index contributed by atoms with van der Waals surface area (Å²) in [5.74, 6) is -0.642. The highest BCUT2D eigenvalue weighted by Gasteiger charge is 2.17. The van der Waals surface area contributed by atoms with Crippen molar-refractivity contribution in [3.63, 3.8) is 0 Å². The largest absolute Gasteiger partial charge is 0.493 e. The maximum Gasteiger partial charge on any atom is 0.387 e. The summed E-state index contributed by atoms with van der Waals surface area (Å²) in [5.41, 5.74) is -0.0586. The van der Waals surface area contributed by atoms with Gasteiger partial charge >= 0.3 is 6.61 Å². The van der Waals surface area contributed by atoms with Gasteiger partial charge in [-0.05, 0) is 44.0 Å². The molecular weight excluding hydrogens is 456 g/mol. The van der Waals surface area contributed by atoms with Crippen molar-refractivity contribution in [1.82, 2.24) is 9.88 Å². The van der Waals surface area contributed by atoms with Crippen molar-refractivity contribution < 1.29 is 27.8 Å². The van der Waals surface area contributed by atoms with Crippen LogP contribution in [-0.2, 0) is 16.1 Å². The molecule has 2 rings (SSSR count). The second-order valence-corrected chi connectivity index (χ2v) is 8.15. The minimum Gasteiger partial charge on any atom is -0.493 e. The summed E-state index contributed by atoms with van der Waals surface area (Å²) in [6.07, 6.45) is 2.03. The number of hydrogen-bond donors (Lipinski definition) is 1. The molecule has 0 spiro atoms. The molecule has 1 aromatic carbocycles. The van der Waals surface area contributed by atoms with E-state index in [9.17, 15) is 23.6 Å². The SMILES string of the molecule is COCCCn1c(=O)/c(=C\c2ccc(OC(F)F)c(OC)c2)s/c1=C(/C#N)C(=O)NC(C)C. The third-order valence-electron chi connectivity index (χ3n) is 4.31. The molecule has 1 aromatic heterocycles. The summed E-state index contributed by atoms with van der Waals surface area (Å²) in [7, 11) is 2.85. The van der Waals surface area contributed by atoms with Gasteiger partial charge in [-0.15, -0.1) is 11.3 Å². The maximum atomic E-state index is 13.1. The number of ether oxygens (including phenoxy) is 3. The van der Waals surface area contributed by atoms with Crippen molar-refractivity contribution in [1.29, 1.82) is 5.26 Å². The summed E-state index contributed by atoms with van der Waals surface area (Å²) in [6, 6.07) is 5.97. The number of alkyl halides is 2. The Hall–Kier alpha value is -3.23. The van der Waals surface area contributed by atoms with Gasteiger partial charge in [0.15, 0.2) is 17.1 Å². The van der Waals surface area contributed by atoms with Crippen LogP contribution in [0.4, 0.5) is 8.78 Å². The summed E-state index contributed by atoms with van der Waals surface area (Å²) in [6.45, 7) is 1.16. The molecule has 0 radical (unpaired) electrons. The first-order valence-electron chi connectivity index (χ1n) is 10.00. The van der Waals surface area contributed by atoms with Gasteiger partial charge in [0.1, 0.15) is 10.7 Å². The van der Waals surface area contributed by atoms with Crippen molar-refractivity contribution in [2.75, 3.05) is 20.8 Å². The van der Waals surface area contributed by atoms with E-state index in [-0.39, 0.29) is 44.4 Å². The molecule has 0 bridgehead atoms. The molecule has 0 aliphatic carbocycles. The number of carbonyl (C=O) groups is 1. The van der Waals surface area contributed by atoms with E-state index in [2.05, 4.69) is 10.1 Å². The molecule has 178 valence electrons. The minimum absolute atomic E-state index is 0.0711. The normalized spacial score (nSPS) is 12.6. The molecule has 0 atom stereocenters. The van der Waals surface area contributed by atoms with Gasteiger partial charge in [-0.3, -0.25) is 14.2 Å². The average Bonchev–Trinajstić information content (AvgIpc) is 3.04. The first kappa shape index (κ1) is 26.0. The van der Waals surface area contributed by atoms with Crippen LogP contribution >= 0.6 is 11.3 Å². The zero-order valence-corrected chi connectivity index (χ0v) is 19.5. The summed E-state index contributed by atoms with van der Waals surface area (Å²) >= 11 is 0.997. The molecule has 8 nitrogen and oxygen atoms in total. The molecule has 0 unspecified atom stereocenters. The minimum atomic E-state index is -3.01. The van der Waals surface area contributed by atoms with E-state index in [1.165, 1.54) is 43.1 Å². The Kier molecular flexibility index (Phi) is 9.57. The topological polar surface area (TPSA) is 103 Å². The van der Waals surface area contributed by atoms with Gasteiger partial charge in [-0.1, -0.05) is 6.07 Å². The number of aromatic nitrogens is 1. The van der Waals surface area contributed by atoms with Gasteiger partial charge in [0.2, 0.25) is 0 Å². The Morgan fingerprint density at radius 3 is 2.61 bits per heavy atom. The van der Waals surface area contributed by atoms with E-state index < -0.39 is 12.5 Å². The third-order valence-corrected chi connectivity index (χ3v) is 5.44. The van der Waals surface area contributed by atoms with E-state index in [1.807, 2.05) is 6.07 Å². The highest BCUT2D eigenvalue weighted by Crippen LogP contribution is 2.29. The van der Waals surface area contributed by atoms with Crippen molar-refractivity contribution >= 4 is 28.9 Å². The Balaban J connectivity index is 2.68. The van der Waals surface area contributed by atoms with Crippen LogP contribution in [0.1, 0.15) is 25.8 Å². The first-order chi connectivity index (χ1) is 15.7. The Morgan fingerprint density at radius 2 is 2.03 bits per heavy atom. The van der Waals surface area contributed by atoms with Crippen molar-refractivity contribution in [2.24, 2.45) is 0 Å². The monoisotopic (exact) mass is 481 g/mol. The average molecular weight is 482 g/mol. The number of nitrogens with one attached hydrogen (secondary N) is 1. The van der Waals surface area contributed by atoms with Gasteiger partial charge in [-0.2, -0.15) is 14.0 Å². The third kappa shape index (κ3) is 6.87. The number of thiazole rings is 1. The standard InChI is InChI=1S/C22H25F2N3O5S/c1-13(2)26-19(28)15(12-25)21-27(8-5-9-30-3)20(29)18(33-21)11-14-6-7-16(32-22(23)24)17(10-14)31-4/h6-7,10-11,13,22H,5,8-9H2,1-4H3,(H,26,28)/b18-11+,21-15-. The molecule has 1 N–H and O–H groups in total. The molecule has 0 saturated heterocycles. The molecule has 1 amide bonds. The lowest BCUT2D eigenvalue weighted by Crippen LogP contribution is -2.37. The smallest absolute Gasteiger partial charge is 0.387 e. The van der Waals surface area contributed by atoms with E-state index in [0.29, 0.717) is 18.6 Å². The van der Waals surface area contributed by atoms with Crippen molar-refractivity contribution in [3.05, 3.63) is 43.3 Å². The second-order valence-electron chi connectivity index (χ2n) is 7.12. The summed E-state index contributed by atoms with van der Waals surface area (Å²) in [4.78, 5) is 25.7. The number of nitrogens with zero attached hydrogens (tertiary/aromatic N) is 2. The number of rotatable bonds is 10. The molecule has 0 aliphatic heterocycles. The van der Waals surface area contributed by atoms with E-state index in [1.54, 1.807) is 13.8 Å². The van der Waals surface area contributed by atoms with Crippen molar-refractivity contribution in [3.8, 4) is 17.6 Å². The summed E-state index contributed by atoms with van der Waals surface area (Å²) in [5, 5.41) is 12.3. The molecule has 11 heteroatoms. The lowest BCUT2D eigenvalue weighted by Gasteiger charge is -2.09. The number of nitriles is 1. The molecule has 2 aromatic rings. The van der Waals surface area contributed by atoms with Gasteiger partial charge in [-0.25, -0.2) is 0 Å². The van der Waals surface area contributed by atoms with Gasteiger partial charge in [0, 0.05) is 26.3 Å². The fourth-order valence-electron chi connectivity index (χ4n) is 2.92. The number of benzene rings is 1. The fraction of sp³-hybridized carbons (Fsp3) is 0.409. The molecule has 33 heavy (non-hydrogen) atoms. The lowest BCUT2D eigenvalue weighted by molar-refractivity contribution is -0.116. The van der Waals surface area contributed by atoms with Crippen LogP contribution in [0, 0.1) is 11.3 Å². The fourth-order valence-corrected chi connectivity index (χ4v) is 4.05. The Bertz CT molecular complexity index is 1200. The van der Waals surface area contributed by atoms with Crippen LogP contribution in [0.15, 0.2) is 23.0 Å². The van der Waals surface area contributed by atoms with Crippen LogP contribution in [-0.4, -0.2) is 44.0 Å².